The first kappa shape index (κ1) is 21.1. The third-order valence-corrected chi connectivity index (χ3v) is 5.57. The highest BCUT2D eigenvalue weighted by Gasteiger charge is 2.27. The largest absolute Gasteiger partial charge is 0.383 e. The Morgan fingerprint density at radius 2 is 1.58 bits per heavy atom. The van der Waals surface area contributed by atoms with Gasteiger partial charge in [-0.15, -0.1) is 0 Å². The molecule has 2 amide bonds. The van der Waals surface area contributed by atoms with Gasteiger partial charge < -0.3 is 14.2 Å². The molecule has 0 atom stereocenters. The zero-order chi connectivity index (χ0) is 21.5. The molecule has 0 spiro atoms. The first-order valence-corrected chi connectivity index (χ1v) is 10.7. The molecule has 0 saturated carbocycles. The summed E-state index contributed by atoms with van der Waals surface area (Å²) >= 11 is 0. The van der Waals surface area contributed by atoms with Crippen LogP contribution in [-0.4, -0.2) is 65.3 Å². The van der Waals surface area contributed by atoms with Crippen LogP contribution >= 0.6 is 0 Å². The molecule has 2 aromatic carbocycles. The Balaban J connectivity index is 1.41. The summed E-state index contributed by atoms with van der Waals surface area (Å²) in [5.74, 6) is 1.03. The highest BCUT2D eigenvalue weighted by Crippen LogP contribution is 2.27. The summed E-state index contributed by atoms with van der Waals surface area (Å²) in [5, 5.41) is 0. The number of methoxy groups -OCH3 is 1. The van der Waals surface area contributed by atoms with Gasteiger partial charge in [-0.25, -0.2) is 9.78 Å². The SMILES string of the molecule is COCCn1ccnc1CN1CCN(C(=O)N(c2ccccc2)c2ccccc2)CC1. The molecule has 0 N–H and O–H groups in total. The number of benzene rings is 2. The smallest absolute Gasteiger partial charge is 0.329 e. The minimum atomic E-state index is 0.0126. The van der Waals surface area contributed by atoms with Gasteiger partial charge in [0.05, 0.1) is 24.5 Å². The van der Waals surface area contributed by atoms with Crippen molar-refractivity contribution < 1.29 is 9.53 Å². The fourth-order valence-corrected chi connectivity index (χ4v) is 3.85. The van der Waals surface area contributed by atoms with Gasteiger partial charge >= 0.3 is 6.03 Å². The Kier molecular flexibility index (Phi) is 6.96. The van der Waals surface area contributed by atoms with Crippen molar-refractivity contribution in [3.05, 3.63) is 78.9 Å². The molecule has 1 fully saturated rings. The number of para-hydroxylation sites is 2. The molecule has 7 heteroatoms. The summed E-state index contributed by atoms with van der Waals surface area (Å²) in [6.07, 6.45) is 3.83. The molecule has 0 unspecified atom stereocenters. The number of nitrogens with zero attached hydrogens (tertiary/aromatic N) is 5. The minimum Gasteiger partial charge on any atom is -0.383 e. The standard InChI is InChI=1S/C24H29N5O2/c1-31-19-18-27-13-12-25-23(27)20-26-14-16-28(17-15-26)24(30)29(21-8-4-2-5-9-21)22-10-6-3-7-11-22/h2-13H,14-20H2,1H3. The molecular formula is C24H29N5O2. The number of piperazine rings is 1. The molecule has 0 bridgehead atoms. The van der Waals surface area contributed by atoms with Crippen LogP contribution in [0.15, 0.2) is 73.1 Å². The second-order valence-electron chi connectivity index (χ2n) is 7.58. The Morgan fingerprint density at radius 3 is 2.16 bits per heavy atom. The second kappa shape index (κ2) is 10.2. The quantitative estimate of drug-likeness (QED) is 0.587. The summed E-state index contributed by atoms with van der Waals surface area (Å²) < 4.78 is 7.32. The van der Waals surface area contributed by atoms with E-state index >= 15 is 0 Å². The van der Waals surface area contributed by atoms with E-state index in [-0.39, 0.29) is 6.03 Å². The first-order chi connectivity index (χ1) is 15.3. The third kappa shape index (κ3) is 5.13. The van der Waals surface area contributed by atoms with Crippen LogP contribution in [0, 0.1) is 0 Å². The predicted octanol–water partition coefficient (Wildman–Crippen LogP) is 3.61. The topological polar surface area (TPSA) is 53.8 Å². The molecule has 1 aromatic heterocycles. The molecule has 0 radical (unpaired) electrons. The third-order valence-electron chi connectivity index (χ3n) is 5.57. The number of hydrogen-bond acceptors (Lipinski definition) is 4. The van der Waals surface area contributed by atoms with Gasteiger partial charge in [0, 0.05) is 52.2 Å². The summed E-state index contributed by atoms with van der Waals surface area (Å²) in [5.41, 5.74) is 1.75. The zero-order valence-corrected chi connectivity index (χ0v) is 17.9. The maximum atomic E-state index is 13.5. The van der Waals surface area contributed by atoms with Crippen molar-refractivity contribution in [2.75, 3.05) is 44.8 Å². The lowest BCUT2D eigenvalue weighted by atomic mass is 10.2. The Morgan fingerprint density at radius 1 is 0.968 bits per heavy atom. The lowest BCUT2D eigenvalue weighted by Crippen LogP contribution is -2.51. The zero-order valence-electron chi connectivity index (χ0n) is 17.9. The lowest BCUT2D eigenvalue weighted by molar-refractivity contribution is 0.136. The highest BCUT2D eigenvalue weighted by atomic mass is 16.5. The summed E-state index contributed by atoms with van der Waals surface area (Å²) in [6, 6.07) is 19.7. The fourth-order valence-electron chi connectivity index (χ4n) is 3.85. The van der Waals surface area contributed by atoms with E-state index in [2.05, 4.69) is 14.5 Å². The van der Waals surface area contributed by atoms with Gasteiger partial charge in [-0.05, 0) is 24.3 Å². The number of imidazole rings is 1. The van der Waals surface area contributed by atoms with Crippen LogP contribution in [0.25, 0.3) is 0 Å². The number of hydrogen-bond donors (Lipinski definition) is 0. The van der Waals surface area contributed by atoms with E-state index in [1.165, 1.54) is 0 Å². The van der Waals surface area contributed by atoms with Crippen LogP contribution in [0.1, 0.15) is 5.82 Å². The van der Waals surface area contributed by atoms with Gasteiger partial charge in [-0.1, -0.05) is 36.4 Å². The first-order valence-electron chi connectivity index (χ1n) is 10.7. The van der Waals surface area contributed by atoms with Crippen molar-refractivity contribution in [3.63, 3.8) is 0 Å². The van der Waals surface area contributed by atoms with Gasteiger partial charge in [0.2, 0.25) is 0 Å². The molecule has 162 valence electrons. The van der Waals surface area contributed by atoms with Crippen molar-refractivity contribution in [3.8, 4) is 0 Å². The van der Waals surface area contributed by atoms with Crippen LogP contribution in [0.3, 0.4) is 0 Å². The predicted molar refractivity (Wildman–Crippen MR) is 121 cm³/mol. The average molecular weight is 420 g/mol. The van der Waals surface area contributed by atoms with Crippen molar-refractivity contribution >= 4 is 17.4 Å². The van der Waals surface area contributed by atoms with Crippen LogP contribution < -0.4 is 4.90 Å². The van der Waals surface area contributed by atoms with Gasteiger partial charge in [0.1, 0.15) is 5.82 Å². The molecule has 2 heterocycles. The van der Waals surface area contributed by atoms with E-state index in [1.807, 2.05) is 78.0 Å². The number of aromatic nitrogens is 2. The van der Waals surface area contributed by atoms with E-state index in [4.69, 9.17) is 4.74 Å². The highest BCUT2D eigenvalue weighted by molar-refractivity contribution is 5.99. The number of carbonyl (C=O) groups excluding carboxylic acids is 1. The normalized spacial score (nSPS) is 14.5. The number of urea groups is 1. The molecular weight excluding hydrogens is 390 g/mol. The number of ether oxygens (including phenoxy) is 1. The Hall–Kier alpha value is -3.16. The minimum absolute atomic E-state index is 0.0126. The molecule has 31 heavy (non-hydrogen) atoms. The Labute approximate surface area is 183 Å². The van der Waals surface area contributed by atoms with Gasteiger partial charge in [0.15, 0.2) is 0 Å². The van der Waals surface area contributed by atoms with Crippen molar-refractivity contribution in [1.29, 1.82) is 0 Å². The van der Waals surface area contributed by atoms with Crippen LogP contribution in [0.2, 0.25) is 0 Å². The summed E-state index contributed by atoms with van der Waals surface area (Å²) in [7, 11) is 1.71. The van der Waals surface area contributed by atoms with Crippen LogP contribution in [0.4, 0.5) is 16.2 Å². The summed E-state index contributed by atoms with van der Waals surface area (Å²) in [4.78, 5) is 24.1. The molecule has 1 aliphatic heterocycles. The number of rotatable bonds is 7. The van der Waals surface area contributed by atoms with E-state index in [0.717, 1.165) is 43.4 Å². The van der Waals surface area contributed by atoms with Gasteiger partial charge in [0.25, 0.3) is 0 Å². The molecule has 7 nitrogen and oxygen atoms in total. The van der Waals surface area contributed by atoms with E-state index < -0.39 is 0 Å². The van der Waals surface area contributed by atoms with Crippen LogP contribution in [-0.2, 0) is 17.8 Å². The van der Waals surface area contributed by atoms with E-state index in [0.29, 0.717) is 19.7 Å². The number of carbonyl (C=O) groups is 1. The fraction of sp³-hybridized carbons (Fsp3) is 0.333. The van der Waals surface area contributed by atoms with Crippen LogP contribution in [0.5, 0.6) is 0 Å². The molecule has 4 rings (SSSR count). The second-order valence-corrected chi connectivity index (χ2v) is 7.58. The monoisotopic (exact) mass is 419 g/mol. The van der Waals surface area contributed by atoms with Gasteiger partial charge in [-0.2, -0.15) is 0 Å². The lowest BCUT2D eigenvalue weighted by Gasteiger charge is -2.37. The molecule has 3 aromatic rings. The maximum Gasteiger partial charge on any atom is 0.329 e. The molecule has 0 aliphatic carbocycles. The Bertz CT molecular complexity index is 913. The maximum absolute atomic E-state index is 13.5. The van der Waals surface area contributed by atoms with E-state index in [9.17, 15) is 4.79 Å². The molecule has 1 aliphatic rings. The van der Waals surface area contributed by atoms with Gasteiger partial charge in [-0.3, -0.25) is 9.80 Å². The number of amides is 2. The summed E-state index contributed by atoms with van der Waals surface area (Å²) in [6.45, 7) is 5.26. The van der Waals surface area contributed by atoms with Crippen molar-refractivity contribution in [1.82, 2.24) is 19.4 Å². The average Bonchev–Trinajstić information content (AvgIpc) is 3.26. The molecule has 1 saturated heterocycles. The number of anilines is 2. The van der Waals surface area contributed by atoms with E-state index in [1.54, 1.807) is 12.0 Å². The van der Waals surface area contributed by atoms with Crippen molar-refractivity contribution in [2.45, 2.75) is 13.1 Å². The van der Waals surface area contributed by atoms with Crippen molar-refractivity contribution in [2.24, 2.45) is 0 Å².